The summed E-state index contributed by atoms with van der Waals surface area (Å²) in [6, 6.07) is 7.90. The molecule has 2 rings (SSSR count). The van der Waals surface area contributed by atoms with Gasteiger partial charge in [0.15, 0.2) is 5.75 Å². The van der Waals surface area contributed by atoms with Gasteiger partial charge in [0.25, 0.3) is 0 Å². The lowest BCUT2D eigenvalue weighted by atomic mass is 10.0. The number of hydrogen-bond donors (Lipinski definition) is 3. The summed E-state index contributed by atoms with van der Waals surface area (Å²) in [7, 11) is -4.58. The number of anilines is 1. The zero-order valence-electron chi connectivity index (χ0n) is 18.3. The van der Waals surface area contributed by atoms with E-state index in [1.54, 1.807) is 39.0 Å². The van der Waals surface area contributed by atoms with Crippen LogP contribution in [0.1, 0.15) is 46.1 Å². The quantitative estimate of drug-likeness (QED) is 0.318. The molecule has 2 aromatic carbocycles. The van der Waals surface area contributed by atoms with E-state index in [-0.39, 0.29) is 17.4 Å². The standard InChI is InChI=1S/C21H26Br2NO7P/c1-12(2)15-10-14(6-7-18(15)25)30-19-16(22)8-13(9-17(19)23)24(11-32(27,28)29)20(26)31-21(3,4)5/h6-10,12,25H,11H2,1-5H3,(H2,27,28,29). The number of phenolic OH excluding ortho intramolecular Hbond substituents is 1. The number of halogens is 2. The van der Waals surface area contributed by atoms with Crippen LogP contribution in [0.25, 0.3) is 0 Å². The lowest BCUT2D eigenvalue weighted by Gasteiger charge is -2.28. The molecule has 0 fully saturated rings. The molecule has 176 valence electrons. The maximum absolute atomic E-state index is 12.6. The van der Waals surface area contributed by atoms with Gasteiger partial charge in [-0.2, -0.15) is 0 Å². The van der Waals surface area contributed by atoms with Gasteiger partial charge in [0.2, 0.25) is 0 Å². The van der Waals surface area contributed by atoms with Gasteiger partial charge in [0.05, 0.1) is 14.6 Å². The van der Waals surface area contributed by atoms with Crippen LogP contribution in [0.5, 0.6) is 17.2 Å². The second kappa shape index (κ2) is 10.1. The van der Waals surface area contributed by atoms with Crippen molar-refractivity contribution in [3.8, 4) is 17.2 Å². The first-order chi connectivity index (χ1) is 14.6. The van der Waals surface area contributed by atoms with Crippen molar-refractivity contribution in [1.82, 2.24) is 0 Å². The average molecular weight is 595 g/mol. The number of hydrogen-bond acceptors (Lipinski definition) is 5. The molecule has 0 atom stereocenters. The number of rotatable bonds is 6. The van der Waals surface area contributed by atoms with Crippen LogP contribution in [0.4, 0.5) is 10.5 Å². The molecule has 0 radical (unpaired) electrons. The Bertz CT molecular complexity index is 1020. The molecule has 0 heterocycles. The van der Waals surface area contributed by atoms with Crippen LogP contribution in [0.3, 0.4) is 0 Å². The van der Waals surface area contributed by atoms with Gasteiger partial charge in [0, 0.05) is 5.56 Å². The molecule has 1 amide bonds. The summed E-state index contributed by atoms with van der Waals surface area (Å²) in [4.78, 5) is 32.5. The second-order valence-electron chi connectivity index (χ2n) is 8.43. The number of nitrogens with zero attached hydrogens (tertiary/aromatic N) is 1. The molecule has 11 heteroatoms. The van der Waals surface area contributed by atoms with Crippen LogP contribution in [0.15, 0.2) is 39.3 Å². The van der Waals surface area contributed by atoms with Gasteiger partial charge in [-0.15, -0.1) is 0 Å². The minimum atomic E-state index is -4.58. The molecule has 0 aliphatic heterocycles. The summed E-state index contributed by atoms with van der Waals surface area (Å²) in [6.07, 6.45) is -1.75. The highest BCUT2D eigenvalue weighted by atomic mass is 79.9. The molecular formula is C21H26Br2NO7P. The van der Waals surface area contributed by atoms with Gasteiger partial charge in [-0.05, 0) is 88.9 Å². The molecule has 3 N–H and O–H groups in total. The fourth-order valence-corrected chi connectivity index (χ4v) is 4.69. The fourth-order valence-electron chi connectivity index (χ4n) is 2.72. The number of carbonyl (C=O) groups is 1. The van der Waals surface area contributed by atoms with Crippen molar-refractivity contribution in [2.45, 2.75) is 46.1 Å². The minimum absolute atomic E-state index is 0.0860. The summed E-state index contributed by atoms with van der Waals surface area (Å²) < 4.78 is 23.8. The Kier molecular flexibility index (Phi) is 8.45. The molecule has 0 unspecified atom stereocenters. The third-order valence-corrected chi connectivity index (χ3v) is 5.90. The molecule has 0 aliphatic rings. The average Bonchev–Trinajstić information content (AvgIpc) is 2.61. The van der Waals surface area contributed by atoms with Crippen molar-refractivity contribution in [3.05, 3.63) is 44.8 Å². The lowest BCUT2D eigenvalue weighted by Crippen LogP contribution is -2.37. The Morgan fingerprint density at radius 1 is 1.12 bits per heavy atom. The molecule has 0 saturated carbocycles. The smallest absolute Gasteiger partial charge is 0.415 e. The minimum Gasteiger partial charge on any atom is -0.508 e. The largest absolute Gasteiger partial charge is 0.508 e. The summed E-state index contributed by atoms with van der Waals surface area (Å²) in [5.41, 5.74) is 0.0701. The van der Waals surface area contributed by atoms with Gasteiger partial charge < -0.3 is 24.4 Å². The highest BCUT2D eigenvalue weighted by Crippen LogP contribution is 2.44. The van der Waals surface area contributed by atoms with E-state index < -0.39 is 25.6 Å². The number of ether oxygens (including phenoxy) is 2. The summed E-state index contributed by atoms with van der Waals surface area (Å²) in [5, 5.41) is 10.0. The van der Waals surface area contributed by atoms with E-state index >= 15 is 0 Å². The zero-order chi connectivity index (χ0) is 24.4. The lowest BCUT2D eigenvalue weighted by molar-refractivity contribution is 0.0583. The molecule has 0 spiro atoms. The first-order valence-electron chi connectivity index (χ1n) is 9.62. The normalized spacial score (nSPS) is 12.1. The Morgan fingerprint density at radius 2 is 1.69 bits per heavy atom. The topological polar surface area (TPSA) is 117 Å². The molecule has 0 saturated heterocycles. The van der Waals surface area contributed by atoms with Crippen molar-refractivity contribution in [2.75, 3.05) is 11.2 Å². The van der Waals surface area contributed by atoms with Gasteiger partial charge >= 0.3 is 13.7 Å². The van der Waals surface area contributed by atoms with Crippen molar-refractivity contribution >= 4 is 51.2 Å². The van der Waals surface area contributed by atoms with E-state index in [1.165, 1.54) is 12.1 Å². The van der Waals surface area contributed by atoms with E-state index in [2.05, 4.69) is 31.9 Å². The predicted molar refractivity (Wildman–Crippen MR) is 130 cm³/mol. The van der Waals surface area contributed by atoms with Gasteiger partial charge in [-0.3, -0.25) is 9.46 Å². The van der Waals surface area contributed by atoms with Crippen LogP contribution in [-0.2, 0) is 9.30 Å². The highest BCUT2D eigenvalue weighted by molar-refractivity contribution is 9.11. The first kappa shape index (κ1) is 26.7. The molecule has 0 aromatic heterocycles. The van der Waals surface area contributed by atoms with E-state index in [0.717, 1.165) is 10.5 Å². The number of carbonyl (C=O) groups excluding carboxylic acids is 1. The Balaban J connectivity index is 2.43. The molecular weight excluding hydrogens is 569 g/mol. The first-order valence-corrected chi connectivity index (χ1v) is 13.0. The highest BCUT2D eigenvalue weighted by Gasteiger charge is 2.30. The fraction of sp³-hybridized carbons (Fsp3) is 0.381. The van der Waals surface area contributed by atoms with E-state index in [9.17, 15) is 24.3 Å². The van der Waals surface area contributed by atoms with E-state index in [4.69, 9.17) is 9.47 Å². The number of phenols is 1. The second-order valence-corrected chi connectivity index (χ2v) is 11.8. The number of amides is 1. The third-order valence-electron chi connectivity index (χ3n) is 4.08. The van der Waals surface area contributed by atoms with Crippen LogP contribution in [-0.4, -0.2) is 32.9 Å². The van der Waals surface area contributed by atoms with Gasteiger partial charge in [0.1, 0.15) is 23.4 Å². The van der Waals surface area contributed by atoms with E-state index in [0.29, 0.717) is 20.4 Å². The maximum atomic E-state index is 12.6. The van der Waals surface area contributed by atoms with Crippen LogP contribution in [0, 0.1) is 0 Å². The summed E-state index contributed by atoms with van der Waals surface area (Å²) in [5.74, 6) is 1.13. The Morgan fingerprint density at radius 3 is 2.16 bits per heavy atom. The SMILES string of the molecule is CC(C)c1cc(Oc2c(Br)cc(N(CP(=O)(O)O)C(=O)OC(C)(C)C)cc2Br)ccc1O. The molecule has 2 aromatic rings. The number of aromatic hydroxyl groups is 1. The van der Waals surface area contributed by atoms with Crippen molar-refractivity contribution in [1.29, 1.82) is 0 Å². The summed E-state index contributed by atoms with van der Waals surface area (Å²) in [6.45, 7) is 8.88. The van der Waals surface area contributed by atoms with Gasteiger partial charge in [-0.25, -0.2) is 4.79 Å². The third kappa shape index (κ3) is 7.49. The predicted octanol–water partition coefficient (Wildman–Crippen LogP) is 6.71. The van der Waals surface area contributed by atoms with Gasteiger partial charge in [-0.1, -0.05) is 13.8 Å². The molecule has 0 aliphatic carbocycles. The van der Waals surface area contributed by atoms with Crippen LogP contribution in [0.2, 0.25) is 0 Å². The van der Waals surface area contributed by atoms with Crippen molar-refractivity contribution < 1.29 is 33.7 Å². The molecule has 0 bridgehead atoms. The van der Waals surface area contributed by atoms with Crippen LogP contribution >= 0.6 is 39.5 Å². The Hall–Kier alpha value is -1.58. The number of benzene rings is 2. The molecule has 32 heavy (non-hydrogen) atoms. The van der Waals surface area contributed by atoms with E-state index in [1.807, 2.05) is 13.8 Å². The zero-order valence-corrected chi connectivity index (χ0v) is 22.4. The van der Waals surface area contributed by atoms with Crippen molar-refractivity contribution in [2.24, 2.45) is 0 Å². The van der Waals surface area contributed by atoms with Crippen molar-refractivity contribution in [3.63, 3.8) is 0 Å². The Labute approximate surface area is 204 Å². The summed E-state index contributed by atoms with van der Waals surface area (Å²) >= 11 is 6.80. The molecule has 8 nitrogen and oxygen atoms in total. The van der Waals surface area contributed by atoms with Crippen LogP contribution < -0.4 is 9.64 Å². The maximum Gasteiger partial charge on any atom is 0.415 e. The monoisotopic (exact) mass is 593 g/mol.